The van der Waals surface area contributed by atoms with Gasteiger partial charge in [-0.1, -0.05) is 29.9 Å². The number of ether oxygens (including phenoxy) is 2. The van der Waals surface area contributed by atoms with E-state index in [4.69, 9.17) is 9.68 Å². The summed E-state index contributed by atoms with van der Waals surface area (Å²) in [6.45, 7) is 0.455. The zero-order valence-electron chi connectivity index (χ0n) is 14.1. The molecule has 0 aromatic carbocycles. The molecule has 140 valence electrons. The Hall–Kier alpha value is -2.88. The fraction of sp³-hybridized carbons (Fsp3) is 0.333. The van der Waals surface area contributed by atoms with E-state index in [-0.39, 0.29) is 36.2 Å². The third-order valence-corrected chi connectivity index (χ3v) is 4.60. The van der Waals surface area contributed by atoms with Crippen LogP contribution in [-0.4, -0.2) is 37.1 Å². The van der Waals surface area contributed by atoms with E-state index in [9.17, 15) is 19.2 Å². The van der Waals surface area contributed by atoms with Crippen molar-refractivity contribution in [1.82, 2.24) is 5.64 Å². The lowest BCUT2D eigenvalue weighted by atomic mass is 9.92. The number of esters is 4. The molecule has 9 heteroatoms. The van der Waals surface area contributed by atoms with Gasteiger partial charge in [-0.3, -0.25) is 9.68 Å². The molecule has 2 saturated heterocycles. The lowest BCUT2D eigenvalue weighted by Gasteiger charge is -2.17. The Labute approximate surface area is 153 Å². The Balaban J connectivity index is 1.20. The largest absolute Gasteiger partial charge is 0.386 e. The third kappa shape index (κ3) is 3.39. The van der Waals surface area contributed by atoms with Gasteiger partial charge >= 0.3 is 23.9 Å². The zero-order valence-corrected chi connectivity index (χ0v) is 14.1. The van der Waals surface area contributed by atoms with Gasteiger partial charge in [-0.05, 0) is 12.8 Å². The summed E-state index contributed by atoms with van der Waals surface area (Å²) >= 11 is 0. The number of carbonyl (C=O) groups excluding carboxylic acids is 4. The van der Waals surface area contributed by atoms with Crippen molar-refractivity contribution >= 4 is 23.9 Å². The number of rotatable bonds is 6. The number of cyclic esters (lactones) is 4. The predicted octanol–water partition coefficient (Wildman–Crippen LogP) is 0.351. The molecule has 2 unspecified atom stereocenters. The minimum atomic E-state index is -0.637. The van der Waals surface area contributed by atoms with E-state index >= 15 is 0 Å². The van der Waals surface area contributed by atoms with Crippen LogP contribution in [0.1, 0.15) is 12.8 Å². The van der Waals surface area contributed by atoms with Crippen LogP contribution >= 0.6 is 0 Å². The van der Waals surface area contributed by atoms with E-state index in [1.807, 2.05) is 0 Å². The highest BCUT2D eigenvalue weighted by molar-refractivity contribution is 6.19. The Morgan fingerprint density at radius 1 is 0.741 bits per heavy atom. The number of carbonyl (C=O) groups is 4. The second-order valence-corrected chi connectivity index (χ2v) is 6.45. The molecule has 2 heterocycles. The molecule has 0 aromatic heterocycles. The second kappa shape index (κ2) is 7.03. The summed E-state index contributed by atoms with van der Waals surface area (Å²) in [6.07, 6.45) is 7.73. The molecule has 0 amide bonds. The molecule has 0 saturated carbocycles. The minimum Gasteiger partial charge on any atom is -0.386 e. The minimum absolute atomic E-state index is 0.0974. The molecule has 1 N–H and O–H groups in total. The fourth-order valence-electron chi connectivity index (χ4n) is 3.23. The molecule has 2 aliphatic carbocycles. The van der Waals surface area contributed by atoms with Crippen LogP contribution in [0.5, 0.6) is 0 Å². The molecule has 0 radical (unpaired) electrons. The molecular formula is C18H15NO8. The quantitative estimate of drug-likeness (QED) is 0.305. The summed E-state index contributed by atoms with van der Waals surface area (Å²) in [5.74, 6) is -2.69. The van der Waals surface area contributed by atoms with E-state index in [2.05, 4.69) is 15.1 Å². The van der Waals surface area contributed by atoms with Gasteiger partial charge < -0.3 is 9.47 Å². The number of fused-ring (bicyclic) bond motifs is 2. The van der Waals surface area contributed by atoms with Gasteiger partial charge in [-0.2, -0.15) is 0 Å². The smallest absolute Gasteiger partial charge is 0.346 e. The van der Waals surface area contributed by atoms with Crippen LogP contribution in [0.2, 0.25) is 0 Å². The van der Waals surface area contributed by atoms with Crippen molar-refractivity contribution in [2.24, 2.45) is 11.8 Å². The Morgan fingerprint density at radius 2 is 1.15 bits per heavy atom. The van der Waals surface area contributed by atoms with E-state index in [0.29, 0.717) is 24.0 Å². The lowest BCUT2D eigenvalue weighted by Crippen LogP contribution is -2.24. The molecule has 0 bridgehead atoms. The molecule has 4 aliphatic rings. The van der Waals surface area contributed by atoms with Crippen molar-refractivity contribution in [3.63, 3.8) is 0 Å². The maximum absolute atomic E-state index is 11.5. The molecule has 9 nitrogen and oxygen atoms in total. The Bertz CT molecular complexity index is 793. The van der Waals surface area contributed by atoms with E-state index in [1.165, 1.54) is 0 Å². The molecule has 27 heavy (non-hydrogen) atoms. The summed E-state index contributed by atoms with van der Waals surface area (Å²) in [4.78, 5) is 56.4. The van der Waals surface area contributed by atoms with Crippen LogP contribution in [0, 0.1) is 11.8 Å². The Kier molecular flexibility index (Phi) is 4.56. The third-order valence-electron chi connectivity index (χ3n) is 4.60. The van der Waals surface area contributed by atoms with Crippen LogP contribution in [-0.2, 0) is 38.3 Å². The summed E-state index contributed by atoms with van der Waals surface area (Å²) in [6, 6.07) is 0. The van der Waals surface area contributed by atoms with E-state index < -0.39 is 23.9 Å². The standard InChI is InChI=1S/C18H15NO8/c20-15-11-3-1-9(5-13(11)17(22)26-15)7-24-19-25-8-10-2-4-12-14(6-10)18(23)27-16(12)21/h3-6,9-10,19H,1-2,7-8H2. The van der Waals surface area contributed by atoms with Crippen molar-refractivity contribution < 1.29 is 38.3 Å². The maximum atomic E-state index is 11.5. The van der Waals surface area contributed by atoms with Crippen LogP contribution in [0.3, 0.4) is 0 Å². The first kappa shape index (κ1) is 17.5. The number of nitrogens with one attached hydrogen (secondary N) is 1. The molecule has 0 spiro atoms. The van der Waals surface area contributed by atoms with Crippen molar-refractivity contribution in [1.29, 1.82) is 0 Å². The van der Waals surface area contributed by atoms with Gasteiger partial charge in [0.15, 0.2) is 0 Å². The van der Waals surface area contributed by atoms with Crippen LogP contribution in [0.4, 0.5) is 0 Å². The van der Waals surface area contributed by atoms with Gasteiger partial charge in [-0.15, -0.1) is 0 Å². The average Bonchev–Trinajstić information content (AvgIpc) is 3.10. The normalized spacial score (nSPS) is 26.5. The van der Waals surface area contributed by atoms with Crippen LogP contribution in [0.15, 0.2) is 46.6 Å². The summed E-state index contributed by atoms with van der Waals surface area (Å²) < 4.78 is 9.10. The van der Waals surface area contributed by atoms with Crippen LogP contribution < -0.4 is 5.64 Å². The molecule has 2 fully saturated rings. The molecule has 2 atom stereocenters. The van der Waals surface area contributed by atoms with Crippen molar-refractivity contribution in [3.8, 4) is 0 Å². The summed E-state index contributed by atoms with van der Waals surface area (Å²) in [5, 5.41) is 0. The molecule has 0 aromatic rings. The van der Waals surface area contributed by atoms with Gasteiger partial charge in [0.1, 0.15) is 0 Å². The van der Waals surface area contributed by atoms with Gasteiger partial charge in [0.2, 0.25) is 0 Å². The van der Waals surface area contributed by atoms with Crippen molar-refractivity contribution in [2.45, 2.75) is 12.8 Å². The summed E-state index contributed by atoms with van der Waals surface area (Å²) in [7, 11) is 0. The summed E-state index contributed by atoms with van der Waals surface area (Å²) in [5.41, 5.74) is 3.53. The maximum Gasteiger partial charge on any atom is 0.346 e. The highest BCUT2D eigenvalue weighted by atomic mass is 16.9. The molecule has 4 rings (SSSR count). The molecule has 2 aliphatic heterocycles. The lowest BCUT2D eigenvalue weighted by molar-refractivity contribution is -0.179. The van der Waals surface area contributed by atoms with E-state index in [0.717, 1.165) is 0 Å². The predicted molar refractivity (Wildman–Crippen MR) is 85.8 cm³/mol. The zero-order chi connectivity index (χ0) is 19.0. The van der Waals surface area contributed by atoms with Gasteiger partial charge in [0.25, 0.3) is 0 Å². The average molecular weight is 373 g/mol. The Morgan fingerprint density at radius 3 is 1.59 bits per heavy atom. The molecular weight excluding hydrogens is 358 g/mol. The number of allylic oxidation sites excluding steroid dienone is 2. The van der Waals surface area contributed by atoms with Crippen molar-refractivity contribution in [2.75, 3.05) is 13.2 Å². The van der Waals surface area contributed by atoms with Gasteiger partial charge in [0, 0.05) is 11.8 Å². The van der Waals surface area contributed by atoms with Crippen molar-refractivity contribution in [3.05, 3.63) is 46.6 Å². The number of hydrogen-bond donors (Lipinski definition) is 1. The van der Waals surface area contributed by atoms with Gasteiger partial charge in [-0.25, -0.2) is 19.2 Å². The first-order valence-electron chi connectivity index (χ1n) is 8.39. The monoisotopic (exact) mass is 373 g/mol. The SMILES string of the molecule is O=C1OC(=O)C2=CC(CONOCC3C=C4C(=O)OC(=O)C4=CC3)CC=C12. The first-order chi connectivity index (χ1) is 13.0. The second-order valence-electron chi connectivity index (χ2n) is 6.45. The topological polar surface area (TPSA) is 117 Å². The number of hydrogen-bond acceptors (Lipinski definition) is 9. The van der Waals surface area contributed by atoms with Gasteiger partial charge in [0.05, 0.1) is 35.5 Å². The highest BCUT2D eigenvalue weighted by Gasteiger charge is 2.36. The van der Waals surface area contributed by atoms with E-state index in [1.54, 1.807) is 24.3 Å². The fourth-order valence-corrected chi connectivity index (χ4v) is 3.23. The van der Waals surface area contributed by atoms with Crippen LogP contribution in [0.25, 0.3) is 0 Å². The first-order valence-corrected chi connectivity index (χ1v) is 8.39. The highest BCUT2D eigenvalue weighted by Crippen LogP contribution is 2.31.